The van der Waals surface area contributed by atoms with E-state index in [1.54, 1.807) is 14.2 Å². The number of ether oxygens (including phenoxy) is 3. The van der Waals surface area contributed by atoms with Crippen molar-refractivity contribution in [3.05, 3.63) is 23.3 Å². The largest absolute Gasteiger partial charge is 0.493 e. The van der Waals surface area contributed by atoms with Crippen molar-refractivity contribution in [3.8, 4) is 11.5 Å². The zero-order valence-electron chi connectivity index (χ0n) is 18.8. The van der Waals surface area contributed by atoms with E-state index in [2.05, 4.69) is 12.1 Å². The molecule has 0 atom stereocenters. The SMILES string of the molecule is COc1cc2c(cc1OC)C1(CCN(C(=O)CCN3CCCCCC3=O)CC1)OCC2. The average Bonchev–Trinajstić information content (AvgIpc) is 3.01. The van der Waals surface area contributed by atoms with Crippen LogP contribution in [0.2, 0.25) is 0 Å². The molecular weight excluding hydrogens is 396 g/mol. The molecule has 3 aliphatic rings. The standard InChI is InChI=1S/C24H34N2O5/c1-29-20-16-18-8-15-31-24(19(18)17-21(20)30-2)9-13-26(14-10-24)23(28)7-12-25-11-5-3-4-6-22(25)27/h16-17H,3-15H2,1-2H3. The minimum atomic E-state index is -0.370. The fourth-order valence-corrected chi connectivity index (χ4v) is 5.18. The van der Waals surface area contributed by atoms with Crippen LogP contribution in [0, 0.1) is 0 Å². The maximum absolute atomic E-state index is 12.8. The third-order valence-corrected chi connectivity index (χ3v) is 7.04. The van der Waals surface area contributed by atoms with E-state index in [0.717, 1.165) is 50.8 Å². The van der Waals surface area contributed by atoms with Gasteiger partial charge in [0.25, 0.3) is 0 Å². The van der Waals surface area contributed by atoms with Crippen molar-refractivity contribution in [1.82, 2.24) is 9.80 Å². The summed E-state index contributed by atoms with van der Waals surface area (Å²) in [6.07, 6.45) is 6.51. The molecule has 7 nitrogen and oxygen atoms in total. The molecule has 7 heteroatoms. The highest BCUT2D eigenvalue weighted by Crippen LogP contribution is 2.45. The predicted octanol–water partition coefficient (Wildman–Crippen LogP) is 2.89. The predicted molar refractivity (Wildman–Crippen MR) is 116 cm³/mol. The molecule has 0 bridgehead atoms. The van der Waals surface area contributed by atoms with Gasteiger partial charge >= 0.3 is 0 Å². The first kappa shape index (κ1) is 21.9. The lowest BCUT2D eigenvalue weighted by Gasteiger charge is -2.45. The summed E-state index contributed by atoms with van der Waals surface area (Å²) in [5.74, 6) is 1.79. The molecule has 0 aromatic heterocycles. The first-order chi connectivity index (χ1) is 15.1. The van der Waals surface area contributed by atoms with Gasteiger partial charge in [-0.25, -0.2) is 0 Å². The number of benzene rings is 1. The smallest absolute Gasteiger partial charge is 0.224 e. The summed E-state index contributed by atoms with van der Waals surface area (Å²) in [4.78, 5) is 28.8. The molecule has 2 amide bonds. The van der Waals surface area contributed by atoms with Crippen LogP contribution in [0.25, 0.3) is 0 Å². The highest BCUT2D eigenvalue weighted by Gasteiger charge is 2.42. The van der Waals surface area contributed by atoms with Crippen LogP contribution in [0.1, 0.15) is 56.1 Å². The van der Waals surface area contributed by atoms with E-state index in [1.165, 1.54) is 11.1 Å². The summed E-state index contributed by atoms with van der Waals surface area (Å²) in [7, 11) is 3.31. The van der Waals surface area contributed by atoms with E-state index >= 15 is 0 Å². The van der Waals surface area contributed by atoms with E-state index in [-0.39, 0.29) is 17.4 Å². The average molecular weight is 431 g/mol. The molecule has 0 saturated carbocycles. The molecule has 3 heterocycles. The minimum Gasteiger partial charge on any atom is -0.493 e. The Labute approximate surface area is 184 Å². The van der Waals surface area contributed by atoms with Gasteiger partial charge in [0.2, 0.25) is 11.8 Å². The van der Waals surface area contributed by atoms with E-state index in [0.29, 0.717) is 44.8 Å². The molecule has 1 spiro atoms. The second kappa shape index (κ2) is 9.47. The Morgan fingerprint density at radius 3 is 2.52 bits per heavy atom. The van der Waals surface area contributed by atoms with E-state index in [9.17, 15) is 9.59 Å². The number of hydrogen-bond donors (Lipinski definition) is 0. The number of methoxy groups -OCH3 is 2. The quantitative estimate of drug-likeness (QED) is 0.719. The molecule has 0 unspecified atom stereocenters. The number of piperidine rings is 1. The lowest BCUT2D eigenvalue weighted by molar-refractivity contribution is -0.141. The van der Waals surface area contributed by atoms with Gasteiger partial charge in [-0.3, -0.25) is 9.59 Å². The van der Waals surface area contributed by atoms with E-state index in [4.69, 9.17) is 14.2 Å². The number of amides is 2. The van der Waals surface area contributed by atoms with Crippen molar-refractivity contribution >= 4 is 11.8 Å². The fourth-order valence-electron chi connectivity index (χ4n) is 5.18. The van der Waals surface area contributed by atoms with Crippen molar-refractivity contribution < 1.29 is 23.8 Å². The van der Waals surface area contributed by atoms with Crippen LogP contribution in [0.4, 0.5) is 0 Å². The van der Waals surface area contributed by atoms with Gasteiger partial charge < -0.3 is 24.0 Å². The Morgan fingerprint density at radius 2 is 1.77 bits per heavy atom. The number of rotatable bonds is 5. The van der Waals surface area contributed by atoms with Crippen molar-refractivity contribution in [2.75, 3.05) is 47.0 Å². The van der Waals surface area contributed by atoms with Crippen LogP contribution in [0.5, 0.6) is 11.5 Å². The van der Waals surface area contributed by atoms with Gasteiger partial charge in [0, 0.05) is 39.0 Å². The molecule has 3 aliphatic heterocycles. The zero-order chi connectivity index (χ0) is 21.8. The third kappa shape index (κ3) is 4.52. The number of carbonyl (C=O) groups excluding carboxylic acids is 2. The molecule has 31 heavy (non-hydrogen) atoms. The summed E-state index contributed by atoms with van der Waals surface area (Å²) in [6.45, 7) is 3.33. The van der Waals surface area contributed by atoms with Crippen LogP contribution in [-0.2, 0) is 26.3 Å². The summed E-state index contributed by atoms with van der Waals surface area (Å²) < 4.78 is 17.3. The fraction of sp³-hybridized carbons (Fsp3) is 0.667. The number of carbonyl (C=O) groups is 2. The Hall–Kier alpha value is -2.28. The second-order valence-electron chi connectivity index (χ2n) is 8.78. The number of likely N-dealkylation sites (tertiary alicyclic amines) is 2. The molecule has 0 aliphatic carbocycles. The highest BCUT2D eigenvalue weighted by atomic mass is 16.5. The van der Waals surface area contributed by atoms with Crippen LogP contribution in [0.15, 0.2) is 12.1 Å². The van der Waals surface area contributed by atoms with Crippen LogP contribution < -0.4 is 9.47 Å². The summed E-state index contributed by atoms with van der Waals surface area (Å²) in [5.41, 5.74) is 2.03. The number of hydrogen-bond acceptors (Lipinski definition) is 5. The monoisotopic (exact) mass is 430 g/mol. The molecule has 0 radical (unpaired) electrons. The summed E-state index contributed by atoms with van der Waals surface area (Å²) in [6, 6.07) is 4.12. The van der Waals surface area contributed by atoms with Crippen molar-refractivity contribution in [2.45, 2.75) is 57.0 Å². The Kier molecular flexibility index (Phi) is 6.70. The third-order valence-electron chi connectivity index (χ3n) is 7.04. The van der Waals surface area contributed by atoms with Crippen molar-refractivity contribution in [1.29, 1.82) is 0 Å². The van der Waals surface area contributed by atoms with Crippen LogP contribution in [0.3, 0.4) is 0 Å². The van der Waals surface area contributed by atoms with Crippen LogP contribution >= 0.6 is 0 Å². The molecule has 1 aromatic carbocycles. The Bertz CT molecular complexity index is 816. The van der Waals surface area contributed by atoms with Crippen molar-refractivity contribution in [2.24, 2.45) is 0 Å². The Morgan fingerprint density at radius 1 is 1.03 bits per heavy atom. The Balaban J connectivity index is 1.39. The van der Waals surface area contributed by atoms with Gasteiger partial charge in [0.1, 0.15) is 0 Å². The normalized spacial score (nSPS) is 20.9. The van der Waals surface area contributed by atoms with Crippen LogP contribution in [-0.4, -0.2) is 68.6 Å². The lowest BCUT2D eigenvalue weighted by atomic mass is 9.79. The molecule has 2 fully saturated rings. The summed E-state index contributed by atoms with van der Waals surface area (Å²) >= 11 is 0. The van der Waals surface area contributed by atoms with Gasteiger partial charge in [-0.1, -0.05) is 6.42 Å². The van der Waals surface area contributed by atoms with Gasteiger partial charge in [-0.05, 0) is 55.4 Å². The maximum atomic E-state index is 12.8. The van der Waals surface area contributed by atoms with Gasteiger partial charge in [0.05, 0.1) is 26.4 Å². The van der Waals surface area contributed by atoms with E-state index < -0.39 is 0 Å². The minimum absolute atomic E-state index is 0.134. The second-order valence-corrected chi connectivity index (χ2v) is 8.78. The van der Waals surface area contributed by atoms with Gasteiger partial charge in [0.15, 0.2) is 11.5 Å². The van der Waals surface area contributed by atoms with E-state index in [1.807, 2.05) is 9.80 Å². The molecule has 2 saturated heterocycles. The topological polar surface area (TPSA) is 68.3 Å². The lowest BCUT2D eigenvalue weighted by Crippen LogP contribution is -2.49. The molecule has 170 valence electrons. The van der Waals surface area contributed by atoms with Gasteiger partial charge in [-0.15, -0.1) is 0 Å². The number of nitrogens with zero attached hydrogens (tertiary/aromatic N) is 2. The first-order valence-electron chi connectivity index (χ1n) is 11.5. The highest BCUT2D eigenvalue weighted by molar-refractivity contribution is 5.79. The number of fused-ring (bicyclic) bond motifs is 2. The summed E-state index contributed by atoms with van der Waals surface area (Å²) in [5, 5.41) is 0. The molecule has 4 rings (SSSR count). The molecular formula is C24H34N2O5. The first-order valence-corrected chi connectivity index (χ1v) is 11.5. The molecule has 0 N–H and O–H groups in total. The zero-order valence-corrected chi connectivity index (χ0v) is 18.8. The van der Waals surface area contributed by atoms with Gasteiger partial charge in [-0.2, -0.15) is 0 Å². The maximum Gasteiger partial charge on any atom is 0.224 e. The molecule has 1 aromatic rings. The van der Waals surface area contributed by atoms with Crippen molar-refractivity contribution in [3.63, 3.8) is 0 Å².